The largest absolute Gasteiger partial charge is 0.497 e. The van der Waals surface area contributed by atoms with Crippen molar-refractivity contribution in [2.75, 3.05) is 17.7 Å². The first-order chi connectivity index (χ1) is 13.9. The monoisotopic (exact) mass is 456 g/mol. The molecule has 1 aromatic heterocycles. The molecule has 2 aromatic carbocycles. The van der Waals surface area contributed by atoms with Gasteiger partial charge >= 0.3 is 0 Å². The molecule has 8 nitrogen and oxygen atoms in total. The number of amides is 2. The van der Waals surface area contributed by atoms with Crippen LogP contribution in [0.3, 0.4) is 0 Å². The van der Waals surface area contributed by atoms with Crippen LogP contribution in [0.25, 0.3) is 0 Å². The molecule has 2 N–H and O–H groups in total. The van der Waals surface area contributed by atoms with Crippen molar-refractivity contribution < 1.29 is 14.3 Å². The number of anilines is 2. The third kappa shape index (κ3) is 5.52. The molecule has 0 saturated heterocycles. The summed E-state index contributed by atoms with van der Waals surface area (Å²) in [6, 6.07) is 16.3. The van der Waals surface area contributed by atoms with Crippen LogP contribution in [0, 0.1) is 0 Å². The van der Waals surface area contributed by atoms with Crippen molar-refractivity contribution in [3.63, 3.8) is 0 Å². The molecule has 0 radical (unpaired) electrons. The fraction of sp³-hybridized carbons (Fsp3) is 0.100. The molecule has 0 atom stereocenters. The van der Waals surface area contributed by atoms with Crippen molar-refractivity contribution in [3.8, 4) is 5.75 Å². The lowest BCUT2D eigenvalue weighted by molar-refractivity contribution is -0.117. The molecule has 0 unspecified atom stereocenters. The summed E-state index contributed by atoms with van der Waals surface area (Å²) < 4.78 is 6.89. The Morgan fingerprint density at radius 2 is 1.59 bits per heavy atom. The highest BCUT2D eigenvalue weighted by molar-refractivity contribution is 9.10. The minimum atomic E-state index is -0.503. The summed E-state index contributed by atoms with van der Waals surface area (Å²) in [6.45, 7) is -0.321. The summed E-state index contributed by atoms with van der Waals surface area (Å²) in [6.07, 6.45) is 0. The lowest BCUT2D eigenvalue weighted by atomic mass is 10.3. The number of methoxy groups -OCH3 is 1. The van der Waals surface area contributed by atoms with Gasteiger partial charge in [-0.05, 0) is 54.6 Å². The van der Waals surface area contributed by atoms with Gasteiger partial charge in [-0.1, -0.05) is 15.9 Å². The molecule has 0 spiro atoms. The molecule has 0 fully saturated rings. The highest BCUT2D eigenvalue weighted by Gasteiger charge is 2.12. The summed E-state index contributed by atoms with van der Waals surface area (Å²) in [5.41, 5.74) is 0.650. The number of carbonyl (C=O) groups excluding carboxylic acids is 2. The van der Waals surface area contributed by atoms with Crippen molar-refractivity contribution in [1.29, 1.82) is 0 Å². The molecule has 0 aliphatic rings. The lowest BCUT2D eigenvalue weighted by Gasteiger charge is -2.09. The van der Waals surface area contributed by atoms with Crippen molar-refractivity contribution >= 4 is 39.1 Å². The van der Waals surface area contributed by atoms with Crippen LogP contribution in [0.4, 0.5) is 11.4 Å². The molecule has 2 amide bonds. The van der Waals surface area contributed by atoms with Crippen LogP contribution in [0.15, 0.2) is 69.9 Å². The molecule has 0 aliphatic heterocycles. The first-order valence-electron chi connectivity index (χ1n) is 8.53. The molecule has 29 heavy (non-hydrogen) atoms. The van der Waals surface area contributed by atoms with Gasteiger partial charge in [-0.2, -0.15) is 5.10 Å². The number of benzene rings is 2. The molecule has 3 rings (SSSR count). The first kappa shape index (κ1) is 20.3. The van der Waals surface area contributed by atoms with Gasteiger partial charge in [0.05, 0.1) is 7.11 Å². The molecular weight excluding hydrogens is 440 g/mol. The third-order valence-corrected chi connectivity index (χ3v) is 4.40. The second kappa shape index (κ2) is 9.16. The van der Waals surface area contributed by atoms with Crippen LogP contribution in [-0.4, -0.2) is 28.7 Å². The van der Waals surface area contributed by atoms with Crippen LogP contribution >= 0.6 is 15.9 Å². The summed E-state index contributed by atoms with van der Waals surface area (Å²) in [5.74, 6) is -0.279. The predicted octanol–water partition coefficient (Wildman–Crippen LogP) is 2.91. The zero-order valence-corrected chi connectivity index (χ0v) is 17.0. The second-order valence-electron chi connectivity index (χ2n) is 5.95. The maximum atomic E-state index is 12.4. The van der Waals surface area contributed by atoms with Gasteiger partial charge < -0.3 is 15.4 Å². The van der Waals surface area contributed by atoms with Crippen LogP contribution in [-0.2, 0) is 11.3 Å². The second-order valence-corrected chi connectivity index (χ2v) is 6.87. The Bertz CT molecular complexity index is 1080. The van der Waals surface area contributed by atoms with E-state index in [0.717, 1.165) is 9.15 Å². The number of rotatable bonds is 6. The van der Waals surface area contributed by atoms with Crippen LogP contribution in [0.2, 0.25) is 0 Å². The number of carbonyl (C=O) groups is 2. The van der Waals surface area contributed by atoms with Gasteiger partial charge in [0.1, 0.15) is 18.0 Å². The molecule has 0 bridgehead atoms. The fourth-order valence-corrected chi connectivity index (χ4v) is 2.69. The number of aromatic nitrogens is 2. The molecule has 1 heterocycles. The number of ether oxygens (including phenoxy) is 1. The van der Waals surface area contributed by atoms with Crippen molar-refractivity contribution in [3.05, 3.63) is 81.2 Å². The highest BCUT2D eigenvalue weighted by Crippen LogP contribution is 2.16. The average molecular weight is 457 g/mol. The summed E-state index contributed by atoms with van der Waals surface area (Å²) in [4.78, 5) is 36.7. The molecule has 3 aromatic rings. The van der Waals surface area contributed by atoms with Gasteiger partial charge in [-0.3, -0.25) is 14.4 Å². The Kier molecular flexibility index (Phi) is 6.40. The van der Waals surface area contributed by atoms with Gasteiger partial charge in [0.2, 0.25) is 5.91 Å². The Labute approximate surface area is 174 Å². The minimum absolute atomic E-state index is 0.0110. The van der Waals surface area contributed by atoms with E-state index < -0.39 is 17.4 Å². The van der Waals surface area contributed by atoms with Gasteiger partial charge in [0, 0.05) is 21.9 Å². The van der Waals surface area contributed by atoms with Gasteiger partial charge in [-0.25, -0.2) is 4.68 Å². The maximum absolute atomic E-state index is 12.4. The lowest BCUT2D eigenvalue weighted by Crippen LogP contribution is -2.31. The van der Waals surface area contributed by atoms with E-state index in [4.69, 9.17) is 4.74 Å². The molecule has 0 aliphatic carbocycles. The number of halogens is 1. The van der Waals surface area contributed by atoms with E-state index in [1.54, 1.807) is 55.6 Å². The maximum Gasteiger partial charge on any atom is 0.276 e. The Hall–Kier alpha value is -3.46. The molecule has 9 heteroatoms. The molecular formula is C20H17BrN4O4. The molecule has 148 valence electrons. The standard InChI is InChI=1S/C20H17BrN4O4/c1-29-16-8-6-15(7-9-16)23-20(28)17-10-11-19(27)25(24-17)12-18(26)22-14-4-2-13(21)3-5-14/h2-11H,12H2,1H3,(H,22,26)(H,23,28). The van der Waals surface area contributed by atoms with Crippen LogP contribution < -0.4 is 20.9 Å². The van der Waals surface area contributed by atoms with E-state index in [9.17, 15) is 14.4 Å². The zero-order chi connectivity index (χ0) is 20.8. The number of hydrogen-bond acceptors (Lipinski definition) is 5. The van der Waals surface area contributed by atoms with E-state index in [2.05, 4.69) is 31.7 Å². The SMILES string of the molecule is COc1ccc(NC(=O)c2ccc(=O)n(CC(=O)Nc3ccc(Br)cc3)n2)cc1. The van der Waals surface area contributed by atoms with E-state index in [-0.39, 0.29) is 12.2 Å². The normalized spacial score (nSPS) is 10.3. The van der Waals surface area contributed by atoms with Crippen LogP contribution in [0.1, 0.15) is 10.5 Å². The predicted molar refractivity (Wildman–Crippen MR) is 112 cm³/mol. The number of hydrogen-bond donors (Lipinski definition) is 2. The van der Waals surface area contributed by atoms with E-state index in [1.165, 1.54) is 12.1 Å². The first-order valence-corrected chi connectivity index (χ1v) is 9.33. The fourth-order valence-electron chi connectivity index (χ4n) is 2.42. The quantitative estimate of drug-likeness (QED) is 0.593. The summed E-state index contributed by atoms with van der Waals surface area (Å²) in [7, 11) is 1.55. The summed E-state index contributed by atoms with van der Waals surface area (Å²) >= 11 is 3.32. The number of nitrogens with zero attached hydrogens (tertiary/aromatic N) is 2. The van der Waals surface area contributed by atoms with Crippen molar-refractivity contribution in [2.45, 2.75) is 6.54 Å². The Morgan fingerprint density at radius 1 is 0.966 bits per heavy atom. The van der Waals surface area contributed by atoms with Gasteiger partial charge in [-0.15, -0.1) is 0 Å². The topological polar surface area (TPSA) is 102 Å². The summed E-state index contributed by atoms with van der Waals surface area (Å²) in [5, 5.41) is 9.35. The van der Waals surface area contributed by atoms with E-state index >= 15 is 0 Å². The van der Waals surface area contributed by atoms with Crippen molar-refractivity contribution in [2.24, 2.45) is 0 Å². The van der Waals surface area contributed by atoms with Crippen LogP contribution in [0.5, 0.6) is 5.75 Å². The average Bonchev–Trinajstić information content (AvgIpc) is 2.72. The van der Waals surface area contributed by atoms with E-state index in [0.29, 0.717) is 17.1 Å². The smallest absolute Gasteiger partial charge is 0.276 e. The third-order valence-electron chi connectivity index (χ3n) is 3.87. The van der Waals surface area contributed by atoms with Gasteiger partial charge in [0.15, 0.2) is 0 Å². The number of nitrogens with one attached hydrogen (secondary N) is 2. The zero-order valence-electron chi connectivity index (χ0n) is 15.4. The van der Waals surface area contributed by atoms with Gasteiger partial charge in [0.25, 0.3) is 11.5 Å². The van der Waals surface area contributed by atoms with E-state index in [1.807, 2.05) is 0 Å². The van der Waals surface area contributed by atoms with Crippen molar-refractivity contribution in [1.82, 2.24) is 9.78 Å². The minimum Gasteiger partial charge on any atom is -0.497 e. The Morgan fingerprint density at radius 3 is 2.24 bits per heavy atom. The molecule has 0 saturated carbocycles. The highest BCUT2D eigenvalue weighted by atomic mass is 79.9. The Balaban J connectivity index is 1.69.